The first-order valence-corrected chi connectivity index (χ1v) is 12.4. The molecule has 37 heavy (non-hydrogen) atoms. The number of nitrogens with zero attached hydrogens (tertiary/aromatic N) is 9. The number of aliphatic imine (C=N–C) groups is 4. The van der Waals surface area contributed by atoms with Gasteiger partial charge in [-0.25, -0.2) is 20.0 Å². The van der Waals surface area contributed by atoms with Gasteiger partial charge in [-0.2, -0.15) is 0 Å². The van der Waals surface area contributed by atoms with Gasteiger partial charge in [0, 0.05) is 55.3 Å². The van der Waals surface area contributed by atoms with Crippen LogP contribution in [0.2, 0.25) is 0 Å². The largest absolute Gasteiger partial charge is 0.467 e. The zero-order valence-electron chi connectivity index (χ0n) is 22.8. The highest BCUT2D eigenvalue weighted by molar-refractivity contribution is 6.00. The highest BCUT2D eigenvalue weighted by Gasteiger charge is 2.28. The van der Waals surface area contributed by atoms with Crippen molar-refractivity contribution in [2.24, 2.45) is 20.0 Å². The fourth-order valence-electron chi connectivity index (χ4n) is 4.18. The van der Waals surface area contributed by atoms with Gasteiger partial charge >= 0.3 is 0 Å². The van der Waals surface area contributed by atoms with Crippen LogP contribution in [0.3, 0.4) is 0 Å². The number of nitrogens with one attached hydrogen (secondary N) is 1. The molecule has 0 fully saturated rings. The van der Waals surface area contributed by atoms with E-state index in [1.54, 1.807) is 12.5 Å². The normalized spacial score (nSPS) is 19.4. The van der Waals surface area contributed by atoms with E-state index >= 15 is 0 Å². The first-order valence-electron chi connectivity index (χ1n) is 12.4. The average molecular weight is 511 g/mol. The summed E-state index contributed by atoms with van der Waals surface area (Å²) in [4.78, 5) is 29.6. The maximum atomic E-state index is 5.69. The van der Waals surface area contributed by atoms with Crippen LogP contribution in [-0.2, 0) is 13.1 Å². The minimum absolute atomic E-state index is 0.181. The van der Waals surface area contributed by atoms with Gasteiger partial charge in [0.15, 0.2) is 0 Å². The predicted octanol–water partition coefficient (Wildman–Crippen LogP) is 1.96. The molecule has 200 valence electrons. The van der Waals surface area contributed by atoms with Crippen LogP contribution >= 0.6 is 0 Å². The molecule has 2 unspecified atom stereocenters. The van der Waals surface area contributed by atoms with E-state index in [1.165, 1.54) is 0 Å². The Labute approximate surface area is 218 Å². The molecule has 0 aromatic carbocycles. The Morgan fingerprint density at radius 3 is 2.05 bits per heavy atom. The van der Waals surface area contributed by atoms with E-state index in [0.29, 0.717) is 26.1 Å². The number of hydrogen-bond acceptors (Lipinski definition) is 12. The van der Waals surface area contributed by atoms with Crippen molar-refractivity contribution in [3.05, 3.63) is 48.3 Å². The fourth-order valence-corrected chi connectivity index (χ4v) is 4.18. The van der Waals surface area contributed by atoms with Gasteiger partial charge in [0.2, 0.25) is 23.8 Å². The summed E-state index contributed by atoms with van der Waals surface area (Å²) >= 11 is 0. The van der Waals surface area contributed by atoms with Gasteiger partial charge in [-0.15, -0.1) is 0 Å². The number of rotatable bonds is 7. The highest BCUT2D eigenvalue weighted by Crippen LogP contribution is 2.17. The summed E-state index contributed by atoms with van der Waals surface area (Å²) in [6.45, 7) is 3.84. The smallest absolute Gasteiger partial charge is 0.205 e. The van der Waals surface area contributed by atoms with Gasteiger partial charge in [-0.05, 0) is 31.2 Å². The summed E-state index contributed by atoms with van der Waals surface area (Å²) in [6, 6.07) is 7.73. The zero-order chi connectivity index (χ0) is 26.5. The van der Waals surface area contributed by atoms with E-state index in [9.17, 15) is 0 Å². The summed E-state index contributed by atoms with van der Waals surface area (Å²) < 4.78 is 11.2. The molecule has 0 saturated carbocycles. The van der Waals surface area contributed by atoms with E-state index in [2.05, 4.69) is 10.2 Å². The minimum Gasteiger partial charge on any atom is -0.467 e. The van der Waals surface area contributed by atoms with E-state index in [0.717, 1.165) is 35.4 Å². The lowest BCUT2D eigenvalue weighted by Crippen LogP contribution is -2.52. The third-order valence-corrected chi connectivity index (χ3v) is 6.00. The number of hydrogen-bond donors (Lipinski definition) is 1. The lowest BCUT2D eigenvalue weighted by Gasteiger charge is -2.37. The van der Waals surface area contributed by atoms with Gasteiger partial charge in [-0.1, -0.05) is 0 Å². The maximum Gasteiger partial charge on any atom is 0.205 e. The van der Waals surface area contributed by atoms with Crippen LogP contribution in [0.4, 0.5) is 0 Å². The lowest BCUT2D eigenvalue weighted by atomic mass is 10.3. The lowest BCUT2D eigenvalue weighted by molar-refractivity contribution is 0.311. The van der Waals surface area contributed by atoms with Crippen molar-refractivity contribution in [3.63, 3.8) is 0 Å². The van der Waals surface area contributed by atoms with Crippen molar-refractivity contribution < 1.29 is 8.83 Å². The average Bonchev–Trinajstić information content (AvgIpc) is 3.57. The third-order valence-electron chi connectivity index (χ3n) is 6.00. The molecule has 2 aliphatic heterocycles. The molecule has 12 heteroatoms. The second-order valence-electron chi connectivity index (χ2n) is 9.57. The van der Waals surface area contributed by atoms with Crippen LogP contribution in [-0.4, -0.2) is 110 Å². The molecule has 2 aliphatic rings. The summed E-state index contributed by atoms with van der Waals surface area (Å²) in [5, 5.41) is 3.34. The minimum atomic E-state index is -0.263. The monoisotopic (exact) mass is 510 g/mol. The molecular formula is C25H38N10O2. The molecule has 2 atom stereocenters. The Kier molecular flexibility index (Phi) is 8.04. The standard InChI is InChI=1S/C25H38N10O2/c1-18-26-24(32(4)5)34(7)25(27-18)35(17-20-11-9-15-37-20)13-12-21-28-22(31(2)3)30-23(29-21)33(6)16-19-10-8-14-36-19/h8-11,14-15,18,21H,12-13,16-17H2,1-7H3,(H,28,29,30). The summed E-state index contributed by atoms with van der Waals surface area (Å²) in [5.41, 5.74) is 0. The van der Waals surface area contributed by atoms with E-state index in [1.807, 2.05) is 93.1 Å². The quantitative estimate of drug-likeness (QED) is 0.603. The van der Waals surface area contributed by atoms with Crippen molar-refractivity contribution in [2.45, 2.75) is 38.8 Å². The molecule has 1 N–H and O–H groups in total. The molecule has 0 radical (unpaired) electrons. The van der Waals surface area contributed by atoms with Crippen molar-refractivity contribution in [1.29, 1.82) is 0 Å². The molecule has 0 bridgehead atoms. The zero-order valence-corrected chi connectivity index (χ0v) is 22.8. The first-order chi connectivity index (χ1) is 17.7. The van der Waals surface area contributed by atoms with E-state index in [-0.39, 0.29) is 12.3 Å². The van der Waals surface area contributed by atoms with Crippen molar-refractivity contribution >= 4 is 23.8 Å². The molecule has 12 nitrogen and oxygen atoms in total. The van der Waals surface area contributed by atoms with Gasteiger partial charge in [0.1, 0.15) is 23.9 Å². The first kappa shape index (κ1) is 26.1. The van der Waals surface area contributed by atoms with E-state index in [4.69, 9.17) is 28.8 Å². The van der Waals surface area contributed by atoms with Gasteiger partial charge in [0.25, 0.3) is 0 Å². The Morgan fingerprint density at radius 2 is 1.46 bits per heavy atom. The van der Waals surface area contributed by atoms with Crippen molar-refractivity contribution in [3.8, 4) is 0 Å². The SMILES string of the molecule is CC1N=C(N(C)C)N(C)C(N(CCC2N=C(N(C)C)NC(N(C)Cc3ccco3)=N2)Cc2ccco2)=N1. The summed E-state index contributed by atoms with van der Waals surface area (Å²) in [5.74, 6) is 4.95. The predicted molar refractivity (Wildman–Crippen MR) is 145 cm³/mol. The number of guanidine groups is 4. The second-order valence-corrected chi connectivity index (χ2v) is 9.57. The molecule has 0 saturated heterocycles. The third kappa shape index (κ3) is 6.43. The van der Waals surface area contributed by atoms with Crippen LogP contribution in [0.5, 0.6) is 0 Å². The molecule has 2 aromatic rings. The van der Waals surface area contributed by atoms with Crippen molar-refractivity contribution in [1.82, 2.24) is 29.8 Å². The van der Waals surface area contributed by atoms with Crippen LogP contribution in [0, 0.1) is 0 Å². The summed E-state index contributed by atoms with van der Waals surface area (Å²) in [6.07, 6.45) is 3.62. The number of furan rings is 2. The molecular weight excluding hydrogens is 472 g/mol. The molecule has 2 aromatic heterocycles. The van der Waals surface area contributed by atoms with Gasteiger partial charge < -0.3 is 28.4 Å². The molecule has 4 rings (SSSR count). The Balaban J connectivity index is 1.54. The van der Waals surface area contributed by atoms with Crippen LogP contribution in [0.25, 0.3) is 0 Å². The van der Waals surface area contributed by atoms with Crippen molar-refractivity contribution in [2.75, 3.05) is 48.8 Å². The Bertz CT molecular complexity index is 1130. The summed E-state index contributed by atoms with van der Waals surface area (Å²) in [7, 11) is 11.9. The van der Waals surface area contributed by atoms with Gasteiger partial charge in [0.05, 0.1) is 25.6 Å². The highest BCUT2D eigenvalue weighted by atomic mass is 16.3. The van der Waals surface area contributed by atoms with Crippen LogP contribution in [0.1, 0.15) is 24.9 Å². The molecule has 0 amide bonds. The fraction of sp³-hybridized carbons (Fsp3) is 0.520. The van der Waals surface area contributed by atoms with E-state index < -0.39 is 0 Å². The molecule has 0 spiro atoms. The maximum absolute atomic E-state index is 5.69. The van der Waals surface area contributed by atoms with Gasteiger partial charge in [-0.3, -0.25) is 10.2 Å². The topological polar surface area (TPSA) is 104 Å². The Hall–Kier alpha value is -3.96. The molecule has 4 heterocycles. The van der Waals surface area contributed by atoms with Crippen LogP contribution < -0.4 is 5.32 Å². The molecule has 0 aliphatic carbocycles. The Morgan fingerprint density at radius 1 is 0.838 bits per heavy atom. The second kappa shape index (κ2) is 11.4. The van der Waals surface area contributed by atoms with Crippen LogP contribution in [0.15, 0.2) is 65.6 Å².